The summed E-state index contributed by atoms with van der Waals surface area (Å²) in [5, 5.41) is 11.4. The molecule has 100 valence electrons. The smallest absolute Gasteiger partial charge is 0.0885 e. The number of benzene rings is 1. The molecule has 0 aromatic heterocycles. The SMILES string of the molecule is CC(O)(CC1CCCCC1)c1ccc(Br)cc1Cl. The summed E-state index contributed by atoms with van der Waals surface area (Å²) in [6.07, 6.45) is 7.24. The van der Waals surface area contributed by atoms with Crippen LogP contribution >= 0.6 is 27.5 Å². The largest absolute Gasteiger partial charge is 0.385 e. The van der Waals surface area contributed by atoms with E-state index in [0.717, 1.165) is 16.5 Å². The van der Waals surface area contributed by atoms with Crippen molar-refractivity contribution in [3.8, 4) is 0 Å². The summed E-state index contributed by atoms with van der Waals surface area (Å²) in [5.74, 6) is 0.633. The third kappa shape index (κ3) is 3.49. The number of rotatable bonds is 3. The van der Waals surface area contributed by atoms with E-state index in [0.29, 0.717) is 10.9 Å². The van der Waals surface area contributed by atoms with E-state index in [9.17, 15) is 5.11 Å². The first-order valence-corrected chi connectivity index (χ1v) is 7.84. The Morgan fingerprint density at radius 2 is 2.00 bits per heavy atom. The second-order valence-electron chi connectivity index (χ2n) is 5.61. The lowest BCUT2D eigenvalue weighted by atomic mass is 9.79. The van der Waals surface area contributed by atoms with E-state index in [4.69, 9.17) is 11.6 Å². The van der Waals surface area contributed by atoms with Gasteiger partial charge >= 0.3 is 0 Å². The van der Waals surface area contributed by atoms with Crippen molar-refractivity contribution in [3.05, 3.63) is 33.3 Å². The molecular weight excluding hydrogens is 312 g/mol. The zero-order chi connectivity index (χ0) is 13.2. The van der Waals surface area contributed by atoms with Crippen LogP contribution in [0.15, 0.2) is 22.7 Å². The van der Waals surface area contributed by atoms with E-state index in [1.54, 1.807) is 0 Å². The first-order chi connectivity index (χ1) is 8.49. The number of hydrogen-bond donors (Lipinski definition) is 1. The Morgan fingerprint density at radius 1 is 1.33 bits per heavy atom. The molecule has 1 aromatic rings. The normalized spacial score (nSPS) is 20.7. The van der Waals surface area contributed by atoms with Crippen molar-refractivity contribution in [2.45, 2.75) is 51.0 Å². The van der Waals surface area contributed by atoms with Crippen LogP contribution in [0, 0.1) is 5.92 Å². The van der Waals surface area contributed by atoms with Crippen LogP contribution in [0.1, 0.15) is 51.0 Å². The monoisotopic (exact) mass is 330 g/mol. The average molecular weight is 332 g/mol. The molecule has 0 saturated heterocycles. The van der Waals surface area contributed by atoms with Crippen molar-refractivity contribution < 1.29 is 5.11 Å². The predicted octanol–water partition coefficient (Wildman–Crippen LogP) is 5.28. The van der Waals surface area contributed by atoms with Crippen molar-refractivity contribution in [3.63, 3.8) is 0 Å². The fraction of sp³-hybridized carbons (Fsp3) is 0.600. The van der Waals surface area contributed by atoms with E-state index in [-0.39, 0.29) is 0 Å². The van der Waals surface area contributed by atoms with E-state index in [2.05, 4.69) is 15.9 Å². The van der Waals surface area contributed by atoms with E-state index in [1.807, 2.05) is 25.1 Å². The quantitative estimate of drug-likeness (QED) is 0.799. The van der Waals surface area contributed by atoms with Crippen LogP contribution in [0.25, 0.3) is 0 Å². The summed E-state index contributed by atoms with van der Waals surface area (Å²) in [4.78, 5) is 0. The highest BCUT2D eigenvalue weighted by Crippen LogP contribution is 2.38. The Balaban J connectivity index is 2.13. The van der Waals surface area contributed by atoms with Crippen LogP contribution < -0.4 is 0 Å². The Hall–Kier alpha value is -0.0500. The highest BCUT2D eigenvalue weighted by atomic mass is 79.9. The fourth-order valence-electron chi connectivity index (χ4n) is 2.99. The molecule has 2 rings (SSSR count). The lowest BCUT2D eigenvalue weighted by molar-refractivity contribution is 0.0239. The Bertz CT molecular complexity index is 411. The van der Waals surface area contributed by atoms with Crippen LogP contribution in [0.3, 0.4) is 0 Å². The molecule has 1 N–H and O–H groups in total. The molecule has 3 heteroatoms. The fourth-order valence-corrected chi connectivity index (χ4v) is 3.87. The zero-order valence-corrected chi connectivity index (χ0v) is 13.1. The van der Waals surface area contributed by atoms with Crippen molar-refractivity contribution in [1.29, 1.82) is 0 Å². The number of hydrogen-bond acceptors (Lipinski definition) is 1. The van der Waals surface area contributed by atoms with Crippen LogP contribution in [0.5, 0.6) is 0 Å². The van der Waals surface area contributed by atoms with Gasteiger partial charge in [0.15, 0.2) is 0 Å². The van der Waals surface area contributed by atoms with Gasteiger partial charge in [0.2, 0.25) is 0 Å². The first-order valence-electron chi connectivity index (χ1n) is 6.67. The van der Waals surface area contributed by atoms with Gasteiger partial charge in [0.25, 0.3) is 0 Å². The van der Waals surface area contributed by atoms with Crippen LogP contribution in [-0.2, 0) is 5.60 Å². The maximum atomic E-state index is 10.7. The molecule has 1 atom stereocenters. The Labute approximate surface area is 123 Å². The third-order valence-electron chi connectivity index (χ3n) is 3.92. The minimum Gasteiger partial charge on any atom is -0.385 e. The second kappa shape index (κ2) is 5.94. The Kier molecular flexibility index (Phi) is 4.74. The maximum Gasteiger partial charge on any atom is 0.0885 e. The van der Waals surface area contributed by atoms with Crippen molar-refractivity contribution in [1.82, 2.24) is 0 Å². The molecule has 1 unspecified atom stereocenters. The molecule has 1 aliphatic carbocycles. The minimum absolute atomic E-state index is 0.633. The summed E-state index contributed by atoms with van der Waals surface area (Å²) < 4.78 is 0.949. The summed E-state index contributed by atoms with van der Waals surface area (Å²) in [6.45, 7) is 1.89. The molecular formula is C15H20BrClO. The van der Waals surface area contributed by atoms with Crippen LogP contribution in [0.4, 0.5) is 0 Å². The topological polar surface area (TPSA) is 20.2 Å². The van der Waals surface area contributed by atoms with Crippen molar-refractivity contribution in [2.75, 3.05) is 0 Å². The molecule has 1 nitrogen and oxygen atoms in total. The van der Waals surface area contributed by atoms with Gasteiger partial charge in [0, 0.05) is 15.1 Å². The predicted molar refractivity (Wildman–Crippen MR) is 79.9 cm³/mol. The van der Waals surface area contributed by atoms with Gasteiger partial charge in [-0.25, -0.2) is 0 Å². The summed E-state index contributed by atoms with van der Waals surface area (Å²) in [5.41, 5.74) is 0.0257. The van der Waals surface area contributed by atoms with Gasteiger partial charge in [-0.05, 0) is 31.4 Å². The van der Waals surface area contributed by atoms with E-state index in [1.165, 1.54) is 32.1 Å². The molecule has 1 saturated carbocycles. The van der Waals surface area contributed by atoms with Gasteiger partial charge in [0.05, 0.1) is 5.60 Å². The molecule has 1 aromatic carbocycles. The lowest BCUT2D eigenvalue weighted by Gasteiger charge is -2.31. The highest BCUT2D eigenvalue weighted by Gasteiger charge is 2.30. The maximum absolute atomic E-state index is 10.7. The van der Waals surface area contributed by atoms with Crippen LogP contribution in [-0.4, -0.2) is 5.11 Å². The van der Waals surface area contributed by atoms with Gasteiger partial charge < -0.3 is 5.11 Å². The highest BCUT2D eigenvalue weighted by molar-refractivity contribution is 9.10. The second-order valence-corrected chi connectivity index (χ2v) is 6.93. The lowest BCUT2D eigenvalue weighted by Crippen LogP contribution is -2.26. The summed E-state index contributed by atoms with van der Waals surface area (Å²) in [6, 6.07) is 5.72. The molecule has 1 fully saturated rings. The van der Waals surface area contributed by atoms with Gasteiger partial charge in [-0.15, -0.1) is 0 Å². The molecule has 0 radical (unpaired) electrons. The average Bonchev–Trinajstić information content (AvgIpc) is 2.29. The standard InChI is InChI=1S/C15H20BrClO/c1-15(18,10-11-5-3-2-4-6-11)13-8-7-12(16)9-14(13)17/h7-9,11,18H,2-6,10H2,1H3. The molecule has 0 heterocycles. The molecule has 1 aliphatic rings. The third-order valence-corrected chi connectivity index (χ3v) is 4.73. The van der Waals surface area contributed by atoms with Gasteiger partial charge in [-0.3, -0.25) is 0 Å². The summed E-state index contributed by atoms with van der Waals surface area (Å²) in [7, 11) is 0. The number of aliphatic hydroxyl groups is 1. The van der Waals surface area contributed by atoms with E-state index < -0.39 is 5.60 Å². The van der Waals surface area contributed by atoms with Crippen molar-refractivity contribution in [2.24, 2.45) is 5.92 Å². The van der Waals surface area contributed by atoms with Gasteiger partial charge in [-0.1, -0.05) is 65.7 Å². The van der Waals surface area contributed by atoms with Gasteiger partial charge in [0.1, 0.15) is 0 Å². The Morgan fingerprint density at radius 3 is 2.61 bits per heavy atom. The minimum atomic E-state index is -0.820. The summed E-state index contributed by atoms with van der Waals surface area (Å²) >= 11 is 9.64. The molecule has 0 bridgehead atoms. The molecule has 18 heavy (non-hydrogen) atoms. The first kappa shape index (κ1) is 14.4. The molecule has 0 spiro atoms. The van der Waals surface area contributed by atoms with E-state index >= 15 is 0 Å². The zero-order valence-electron chi connectivity index (χ0n) is 10.8. The van der Waals surface area contributed by atoms with Gasteiger partial charge in [-0.2, -0.15) is 0 Å². The van der Waals surface area contributed by atoms with Crippen LogP contribution in [0.2, 0.25) is 5.02 Å². The number of halogens is 2. The molecule has 0 aliphatic heterocycles. The molecule has 0 amide bonds. The van der Waals surface area contributed by atoms with Crippen molar-refractivity contribution >= 4 is 27.5 Å².